The average Bonchev–Trinajstić information content (AvgIpc) is 3.66. The molecule has 0 saturated carbocycles. The molecule has 0 aliphatic carbocycles. The number of Topliss-reactive ketones (excluding diaryl/α,β-unsaturated/α-hetero) is 1. The van der Waals surface area contributed by atoms with Crippen LogP contribution in [0.4, 0.5) is 0 Å². The molecule has 52 heavy (non-hydrogen) atoms. The van der Waals surface area contributed by atoms with Crippen LogP contribution < -0.4 is 10.1 Å². The van der Waals surface area contributed by atoms with E-state index in [-0.39, 0.29) is 30.1 Å². The number of rotatable bonds is 15. The molecule has 270 valence electrons. The number of hydrogen-bond acceptors (Lipinski definition) is 7. The molecule has 0 spiro atoms. The third-order valence-corrected chi connectivity index (χ3v) is 10.7. The molecule has 5 aromatic rings. The first-order chi connectivity index (χ1) is 24.8. The summed E-state index contributed by atoms with van der Waals surface area (Å²) >= 11 is 1.44. The van der Waals surface area contributed by atoms with Gasteiger partial charge in [-0.15, -0.1) is 11.3 Å². The lowest BCUT2D eigenvalue weighted by atomic mass is 9.92. The zero-order chi connectivity index (χ0) is 37.4. The first kappa shape index (κ1) is 38.1. The van der Waals surface area contributed by atoms with Crippen molar-refractivity contribution in [1.29, 1.82) is 0 Å². The third kappa shape index (κ3) is 9.79. The maximum atomic E-state index is 13.3. The number of hydrogen-bond donors (Lipinski definition) is 2. The number of nitrogens with one attached hydrogen (secondary N) is 1. The number of aliphatic carboxylic acids is 1. The highest BCUT2D eigenvalue weighted by atomic mass is 32.1. The maximum Gasteiger partial charge on any atom is 0.325 e. The molecule has 0 unspecified atom stereocenters. The van der Waals surface area contributed by atoms with Gasteiger partial charge in [0.05, 0.1) is 11.0 Å². The van der Waals surface area contributed by atoms with Gasteiger partial charge in [-0.3, -0.25) is 14.4 Å². The lowest BCUT2D eigenvalue weighted by Crippen LogP contribution is -2.42. The van der Waals surface area contributed by atoms with Crippen LogP contribution in [0.15, 0.2) is 97.3 Å². The molecule has 2 N–H and O–H groups in total. The number of ketones is 1. The fraction of sp³-hybridized carbons (Fsp3) is 0.326. The van der Waals surface area contributed by atoms with Crippen LogP contribution in [0, 0.1) is 5.92 Å². The number of carbonyl (C=O) groups excluding carboxylic acids is 2. The quantitative estimate of drug-likeness (QED) is 0.104. The van der Waals surface area contributed by atoms with E-state index in [1.165, 1.54) is 18.3 Å². The molecule has 0 fully saturated rings. The molecule has 1 amide bonds. The van der Waals surface area contributed by atoms with Crippen LogP contribution in [0.5, 0.6) is 5.75 Å². The van der Waals surface area contributed by atoms with Gasteiger partial charge >= 0.3 is 5.97 Å². The molecule has 8 nitrogen and oxygen atoms in total. The van der Waals surface area contributed by atoms with E-state index < -0.39 is 23.8 Å². The minimum atomic E-state index is -1.14. The summed E-state index contributed by atoms with van der Waals surface area (Å²) in [6.07, 6.45) is 6.05. The van der Waals surface area contributed by atoms with Crippen LogP contribution in [0.2, 0.25) is 0 Å². The zero-order valence-electron chi connectivity index (χ0n) is 30.7. The summed E-state index contributed by atoms with van der Waals surface area (Å²) in [6, 6.07) is 26.8. The molecular formula is C43H47N3O5S. The summed E-state index contributed by atoms with van der Waals surface area (Å²) in [7, 11) is 0. The van der Waals surface area contributed by atoms with E-state index in [4.69, 9.17) is 4.74 Å². The number of thiophene rings is 1. The first-order valence-electron chi connectivity index (χ1n) is 17.8. The van der Waals surface area contributed by atoms with Crippen molar-refractivity contribution < 1.29 is 24.2 Å². The van der Waals surface area contributed by atoms with Gasteiger partial charge in [0.25, 0.3) is 0 Å². The number of carboxylic acid groups (broad SMARTS) is 1. The number of aromatic nitrogens is 2. The highest BCUT2D eigenvalue weighted by molar-refractivity contribution is 7.14. The van der Waals surface area contributed by atoms with Crippen molar-refractivity contribution in [1.82, 2.24) is 15.3 Å². The minimum Gasteiger partial charge on any atom is -0.490 e. The highest BCUT2D eigenvalue weighted by Crippen LogP contribution is 2.31. The lowest BCUT2D eigenvalue weighted by Gasteiger charge is -2.18. The van der Waals surface area contributed by atoms with Crippen LogP contribution in [0.3, 0.4) is 0 Å². The molecule has 3 aromatic carbocycles. The second-order valence-corrected chi connectivity index (χ2v) is 15.2. The Balaban J connectivity index is 1.25. The SMILES string of the molecule is CCC(CC)Oc1ccc(-c2ccc(-c3cnc(-c4ccc(C[C@H](CC(=O)c5ccc(C(C)(C)C)s5)C(=O)N[C@H](C)C(=O)O)cc4)nc3)cc2)cc1. The Morgan fingerprint density at radius 3 is 1.83 bits per heavy atom. The fourth-order valence-electron chi connectivity index (χ4n) is 5.80. The molecule has 9 heteroatoms. The predicted molar refractivity (Wildman–Crippen MR) is 208 cm³/mol. The zero-order valence-corrected chi connectivity index (χ0v) is 31.5. The molecule has 0 bridgehead atoms. The monoisotopic (exact) mass is 717 g/mol. The van der Waals surface area contributed by atoms with Gasteiger partial charge in [-0.1, -0.05) is 95.3 Å². The Morgan fingerprint density at radius 1 is 0.769 bits per heavy atom. The minimum absolute atomic E-state index is 0.0325. The van der Waals surface area contributed by atoms with E-state index in [2.05, 4.69) is 86.3 Å². The van der Waals surface area contributed by atoms with Crippen molar-refractivity contribution in [3.8, 4) is 39.4 Å². The van der Waals surface area contributed by atoms with Crippen molar-refractivity contribution in [3.05, 3.63) is 113 Å². The molecule has 0 radical (unpaired) electrons. The topological polar surface area (TPSA) is 118 Å². The molecule has 0 aliphatic rings. The highest BCUT2D eigenvalue weighted by Gasteiger charge is 2.27. The fourth-order valence-corrected chi connectivity index (χ4v) is 6.81. The summed E-state index contributed by atoms with van der Waals surface area (Å²) in [5.74, 6) is -1.03. The van der Waals surface area contributed by atoms with Crippen molar-refractivity contribution in [3.63, 3.8) is 0 Å². The van der Waals surface area contributed by atoms with Gasteiger partial charge in [-0.05, 0) is 78.1 Å². The lowest BCUT2D eigenvalue weighted by molar-refractivity contribution is -0.141. The molecule has 2 heterocycles. The van der Waals surface area contributed by atoms with E-state index >= 15 is 0 Å². The summed E-state index contributed by atoms with van der Waals surface area (Å²) < 4.78 is 6.05. The second kappa shape index (κ2) is 16.9. The predicted octanol–water partition coefficient (Wildman–Crippen LogP) is 9.43. The normalized spacial score (nSPS) is 12.7. The molecule has 2 aromatic heterocycles. The van der Waals surface area contributed by atoms with Crippen molar-refractivity contribution >= 4 is 29.0 Å². The number of amides is 1. The Bertz CT molecular complexity index is 1960. The molecule has 2 atom stereocenters. The van der Waals surface area contributed by atoms with Crippen LogP contribution in [0.1, 0.15) is 80.9 Å². The number of nitrogens with zero attached hydrogens (tertiary/aromatic N) is 2. The van der Waals surface area contributed by atoms with Crippen LogP contribution >= 0.6 is 11.3 Å². The van der Waals surface area contributed by atoms with Gasteiger partial charge in [0, 0.05) is 40.7 Å². The van der Waals surface area contributed by atoms with E-state index in [0.29, 0.717) is 10.7 Å². The van der Waals surface area contributed by atoms with Crippen molar-refractivity contribution in [2.75, 3.05) is 0 Å². The first-order valence-corrected chi connectivity index (χ1v) is 18.6. The second-order valence-electron chi connectivity index (χ2n) is 14.2. The van der Waals surface area contributed by atoms with Gasteiger partial charge in [-0.25, -0.2) is 9.97 Å². The van der Waals surface area contributed by atoms with E-state index in [0.717, 1.165) is 56.8 Å². The Hall–Kier alpha value is -5.15. The summed E-state index contributed by atoms with van der Waals surface area (Å²) in [5.41, 5.74) is 5.69. The smallest absolute Gasteiger partial charge is 0.325 e. The van der Waals surface area contributed by atoms with Crippen LogP contribution in [0.25, 0.3) is 33.6 Å². The molecule has 5 rings (SSSR count). The van der Waals surface area contributed by atoms with E-state index in [9.17, 15) is 19.5 Å². The van der Waals surface area contributed by atoms with Crippen molar-refractivity contribution in [2.45, 2.75) is 84.8 Å². The Morgan fingerprint density at radius 2 is 1.31 bits per heavy atom. The van der Waals surface area contributed by atoms with Gasteiger partial charge < -0.3 is 15.2 Å². The molecular weight excluding hydrogens is 671 g/mol. The number of benzene rings is 3. The summed E-state index contributed by atoms with van der Waals surface area (Å²) in [5, 5.41) is 11.9. The van der Waals surface area contributed by atoms with Gasteiger partial charge in [0.15, 0.2) is 11.6 Å². The molecule has 0 saturated heterocycles. The van der Waals surface area contributed by atoms with Gasteiger partial charge in [0.1, 0.15) is 11.8 Å². The Kier molecular flexibility index (Phi) is 12.4. The van der Waals surface area contributed by atoms with E-state index in [1.807, 2.05) is 48.5 Å². The van der Waals surface area contributed by atoms with Gasteiger partial charge in [-0.2, -0.15) is 0 Å². The number of ether oxygens (including phenoxy) is 1. The third-order valence-electron chi connectivity index (χ3n) is 9.12. The van der Waals surface area contributed by atoms with Crippen LogP contribution in [-0.4, -0.2) is 44.9 Å². The van der Waals surface area contributed by atoms with Crippen molar-refractivity contribution in [2.24, 2.45) is 5.92 Å². The van der Waals surface area contributed by atoms with Gasteiger partial charge in [0.2, 0.25) is 5.91 Å². The Labute approximate surface area is 310 Å². The number of carbonyl (C=O) groups is 3. The van der Waals surface area contributed by atoms with Crippen LogP contribution in [-0.2, 0) is 21.4 Å². The maximum absolute atomic E-state index is 13.3. The summed E-state index contributed by atoms with van der Waals surface area (Å²) in [4.78, 5) is 48.9. The molecule has 0 aliphatic heterocycles. The summed E-state index contributed by atoms with van der Waals surface area (Å²) in [6.45, 7) is 11.9. The van der Waals surface area contributed by atoms with E-state index in [1.54, 1.807) is 12.4 Å². The average molecular weight is 718 g/mol. The standard InChI is InChI=1S/C43H47N3O5S/c1-7-35(8-2)51-36-19-17-30(18-20-36)29-13-15-31(16-14-29)34-25-44-40(45-26-34)32-11-9-28(10-12-32)23-33(41(48)46-27(3)42(49)50)24-37(47)38-21-22-39(52-38)43(4,5)6/h9-22,25-27,33,35H,7-8,23-24H2,1-6H3,(H,46,48)(H,49,50)/t27-,33-/m1/s1. The number of carboxylic acids is 1. The largest absolute Gasteiger partial charge is 0.490 e.